The highest BCUT2D eigenvalue weighted by atomic mass is 79.9. The second-order valence-corrected chi connectivity index (χ2v) is 5.95. The minimum atomic E-state index is -0.0110. The van der Waals surface area contributed by atoms with Crippen molar-refractivity contribution in [3.8, 4) is 5.75 Å². The van der Waals surface area contributed by atoms with E-state index in [0.29, 0.717) is 12.1 Å². The van der Waals surface area contributed by atoms with Crippen LogP contribution in [0.15, 0.2) is 28.7 Å². The second kappa shape index (κ2) is 5.99. The monoisotopic (exact) mass is 349 g/mol. The van der Waals surface area contributed by atoms with Crippen LogP contribution in [0.2, 0.25) is 0 Å². The number of H-pyrrole nitrogens is 1. The Morgan fingerprint density at radius 1 is 1.38 bits per heavy atom. The van der Waals surface area contributed by atoms with Crippen molar-refractivity contribution >= 4 is 21.7 Å². The number of carbonyl (C=O) groups is 1. The van der Waals surface area contributed by atoms with E-state index in [9.17, 15) is 4.79 Å². The molecule has 1 fully saturated rings. The second-order valence-electron chi connectivity index (χ2n) is 5.15. The van der Waals surface area contributed by atoms with Crippen molar-refractivity contribution in [2.75, 3.05) is 13.1 Å². The van der Waals surface area contributed by atoms with Gasteiger partial charge in [-0.3, -0.25) is 9.89 Å². The lowest BCUT2D eigenvalue weighted by molar-refractivity contribution is 0.0987. The third kappa shape index (κ3) is 3.16. The summed E-state index contributed by atoms with van der Waals surface area (Å²) >= 11 is 3.38. The number of ether oxygens (including phenoxy) is 1. The molecule has 1 aromatic heterocycles. The highest BCUT2D eigenvalue weighted by Gasteiger charge is 2.19. The Kier molecular flexibility index (Phi) is 4.07. The van der Waals surface area contributed by atoms with Gasteiger partial charge in [-0.1, -0.05) is 12.1 Å². The summed E-state index contributed by atoms with van der Waals surface area (Å²) in [5.41, 5.74) is 2.26. The van der Waals surface area contributed by atoms with Gasteiger partial charge < -0.3 is 10.1 Å². The summed E-state index contributed by atoms with van der Waals surface area (Å²) in [5.74, 6) is 0.831. The minimum absolute atomic E-state index is 0.0110. The first-order chi connectivity index (χ1) is 10.1. The van der Waals surface area contributed by atoms with Crippen molar-refractivity contribution in [3.05, 3.63) is 45.7 Å². The number of rotatable bonds is 5. The summed E-state index contributed by atoms with van der Waals surface area (Å²) in [6.45, 7) is 3.66. The molecule has 0 saturated carbocycles. The number of nitrogens with zero attached hydrogens (tertiary/aromatic N) is 1. The lowest BCUT2D eigenvalue weighted by Crippen LogP contribution is -2.50. The van der Waals surface area contributed by atoms with Crippen LogP contribution in [-0.4, -0.2) is 35.2 Å². The van der Waals surface area contributed by atoms with E-state index in [-0.39, 0.29) is 11.9 Å². The van der Waals surface area contributed by atoms with Crippen LogP contribution in [0.5, 0.6) is 5.75 Å². The first kappa shape index (κ1) is 14.3. The minimum Gasteiger partial charge on any atom is -0.488 e. The molecular weight excluding hydrogens is 334 g/mol. The molecule has 0 spiro atoms. The van der Waals surface area contributed by atoms with Crippen LogP contribution in [-0.2, 0) is 6.42 Å². The molecule has 6 heteroatoms. The maximum absolute atomic E-state index is 12.2. The van der Waals surface area contributed by atoms with Crippen LogP contribution in [0.25, 0.3) is 0 Å². The van der Waals surface area contributed by atoms with Gasteiger partial charge in [0.15, 0.2) is 5.78 Å². The fourth-order valence-corrected chi connectivity index (χ4v) is 2.49. The summed E-state index contributed by atoms with van der Waals surface area (Å²) in [5, 5.41) is 10.00. The average molecular weight is 350 g/mol. The van der Waals surface area contributed by atoms with Crippen LogP contribution in [0.3, 0.4) is 0 Å². The number of aryl methyl sites for hydroxylation is 1. The van der Waals surface area contributed by atoms with Gasteiger partial charge >= 0.3 is 0 Å². The molecule has 3 rings (SSSR count). The van der Waals surface area contributed by atoms with Crippen molar-refractivity contribution in [1.82, 2.24) is 15.5 Å². The van der Waals surface area contributed by atoms with Gasteiger partial charge in [0.2, 0.25) is 0 Å². The van der Waals surface area contributed by atoms with Crippen molar-refractivity contribution in [1.29, 1.82) is 0 Å². The summed E-state index contributed by atoms with van der Waals surface area (Å²) in [6.07, 6.45) is 0.592. The van der Waals surface area contributed by atoms with Crippen LogP contribution < -0.4 is 10.1 Å². The number of aromatic nitrogens is 2. The molecule has 1 aliphatic rings. The zero-order chi connectivity index (χ0) is 14.8. The molecule has 0 radical (unpaired) electrons. The molecule has 0 amide bonds. The van der Waals surface area contributed by atoms with Gasteiger partial charge in [-0.25, -0.2) is 0 Å². The summed E-state index contributed by atoms with van der Waals surface area (Å²) in [4.78, 5) is 12.2. The van der Waals surface area contributed by atoms with Gasteiger partial charge in [0.1, 0.15) is 17.5 Å². The fraction of sp³-hybridized carbons (Fsp3) is 0.333. The largest absolute Gasteiger partial charge is 0.488 e. The molecular formula is C15H16BrN3O2. The average Bonchev–Trinajstić information content (AvgIpc) is 2.76. The number of halogens is 1. The molecule has 0 atom stereocenters. The third-order valence-corrected chi connectivity index (χ3v) is 4.44. The van der Waals surface area contributed by atoms with Gasteiger partial charge in [-0.2, -0.15) is 5.10 Å². The van der Waals surface area contributed by atoms with E-state index in [0.717, 1.165) is 34.6 Å². The summed E-state index contributed by atoms with van der Waals surface area (Å²) in [7, 11) is 0. The van der Waals surface area contributed by atoms with E-state index >= 15 is 0 Å². The van der Waals surface area contributed by atoms with Crippen LogP contribution in [0.4, 0.5) is 0 Å². The molecule has 5 nitrogen and oxygen atoms in total. The standard InChI is InChI=1S/C15H16BrN3O2/c1-9-14(16)15(19-18-9)13(20)6-10-2-4-11(5-3-10)21-12-7-17-8-12/h2-5,12,17H,6-8H2,1H3,(H,18,19). The normalized spacial score (nSPS) is 14.8. The number of hydrogen-bond acceptors (Lipinski definition) is 4. The lowest BCUT2D eigenvalue weighted by atomic mass is 10.1. The van der Waals surface area contributed by atoms with Crippen molar-refractivity contribution in [2.45, 2.75) is 19.4 Å². The quantitative estimate of drug-likeness (QED) is 0.812. The van der Waals surface area contributed by atoms with Gasteiger partial charge in [-0.05, 0) is 40.5 Å². The maximum atomic E-state index is 12.2. The zero-order valence-corrected chi connectivity index (χ0v) is 13.2. The number of benzene rings is 1. The van der Waals surface area contributed by atoms with Crippen LogP contribution >= 0.6 is 15.9 Å². The third-order valence-electron chi connectivity index (χ3n) is 3.47. The number of ketones is 1. The SMILES string of the molecule is Cc1[nH]nc(C(=O)Cc2ccc(OC3CNC3)cc2)c1Br. The topological polar surface area (TPSA) is 67.0 Å². The molecule has 1 aliphatic heterocycles. The van der Waals surface area contributed by atoms with E-state index in [1.807, 2.05) is 31.2 Å². The van der Waals surface area contributed by atoms with Gasteiger partial charge in [0.05, 0.1) is 4.47 Å². The molecule has 0 unspecified atom stereocenters. The summed E-state index contributed by atoms with van der Waals surface area (Å²) in [6, 6.07) is 7.66. The molecule has 21 heavy (non-hydrogen) atoms. The van der Waals surface area contributed by atoms with E-state index < -0.39 is 0 Å². The number of hydrogen-bond donors (Lipinski definition) is 2. The first-order valence-electron chi connectivity index (χ1n) is 6.83. The molecule has 0 aliphatic carbocycles. The van der Waals surface area contributed by atoms with Crippen LogP contribution in [0.1, 0.15) is 21.7 Å². The van der Waals surface area contributed by atoms with Gasteiger partial charge in [0.25, 0.3) is 0 Å². The van der Waals surface area contributed by atoms with Gasteiger partial charge in [0, 0.05) is 25.2 Å². The Morgan fingerprint density at radius 3 is 2.62 bits per heavy atom. The molecule has 110 valence electrons. The molecule has 0 bridgehead atoms. The lowest BCUT2D eigenvalue weighted by Gasteiger charge is -2.27. The van der Waals surface area contributed by atoms with Crippen molar-refractivity contribution in [3.63, 3.8) is 0 Å². The number of Topliss-reactive ketones (excluding diaryl/α,β-unsaturated/α-hetero) is 1. The highest BCUT2D eigenvalue weighted by molar-refractivity contribution is 9.10. The Bertz CT molecular complexity index is 647. The Balaban J connectivity index is 1.64. The number of nitrogens with one attached hydrogen (secondary N) is 2. The van der Waals surface area contributed by atoms with E-state index in [4.69, 9.17) is 4.74 Å². The highest BCUT2D eigenvalue weighted by Crippen LogP contribution is 2.21. The number of aromatic amines is 1. The van der Waals surface area contributed by atoms with Crippen molar-refractivity contribution in [2.24, 2.45) is 0 Å². The first-order valence-corrected chi connectivity index (χ1v) is 7.63. The Labute approximate surface area is 131 Å². The molecule has 2 N–H and O–H groups in total. The van der Waals surface area contributed by atoms with E-state index in [1.165, 1.54) is 0 Å². The van der Waals surface area contributed by atoms with Gasteiger partial charge in [-0.15, -0.1) is 0 Å². The van der Waals surface area contributed by atoms with Crippen molar-refractivity contribution < 1.29 is 9.53 Å². The predicted molar refractivity (Wildman–Crippen MR) is 82.8 cm³/mol. The molecule has 1 aromatic carbocycles. The van der Waals surface area contributed by atoms with E-state index in [2.05, 4.69) is 31.4 Å². The predicted octanol–water partition coefficient (Wildman–Crippen LogP) is 2.26. The smallest absolute Gasteiger partial charge is 0.188 e. The molecule has 2 heterocycles. The zero-order valence-electron chi connectivity index (χ0n) is 11.6. The Hall–Kier alpha value is -1.66. The van der Waals surface area contributed by atoms with E-state index in [1.54, 1.807) is 0 Å². The Morgan fingerprint density at radius 2 is 2.10 bits per heavy atom. The maximum Gasteiger partial charge on any atom is 0.188 e. The fourth-order valence-electron chi connectivity index (χ4n) is 2.09. The molecule has 2 aromatic rings. The number of carbonyl (C=O) groups excluding carboxylic acids is 1. The van der Waals surface area contributed by atoms with Crippen LogP contribution in [0, 0.1) is 6.92 Å². The summed E-state index contributed by atoms with van der Waals surface area (Å²) < 4.78 is 6.49. The molecule has 1 saturated heterocycles.